The number of nitrogens with zero attached hydrogens (tertiary/aromatic N) is 1. The fourth-order valence-corrected chi connectivity index (χ4v) is 2.58. The number of para-hydroxylation sites is 1. The highest BCUT2D eigenvalue weighted by Crippen LogP contribution is 2.31. The molecule has 1 aromatic rings. The number of benzene rings is 1. The summed E-state index contributed by atoms with van der Waals surface area (Å²) in [7, 11) is 1.65. The quantitative estimate of drug-likeness (QED) is 0.615. The van der Waals surface area contributed by atoms with Crippen LogP contribution >= 0.6 is 0 Å². The van der Waals surface area contributed by atoms with Gasteiger partial charge < -0.3 is 15.0 Å². The van der Waals surface area contributed by atoms with Gasteiger partial charge in [0.25, 0.3) is 0 Å². The van der Waals surface area contributed by atoms with Crippen LogP contribution in [0.1, 0.15) is 25.7 Å². The van der Waals surface area contributed by atoms with E-state index >= 15 is 0 Å². The summed E-state index contributed by atoms with van der Waals surface area (Å²) in [5.41, 5.74) is 0.730. The Hall–Kier alpha value is -0.900. The van der Waals surface area contributed by atoms with E-state index in [-0.39, 0.29) is 6.04 Å². The van der Waals surface area contributed by atoms with Gasteiger partial charge in [0.1, 0.15) is 17.8 Å². The zero-order chi connectivity index (χ0) is 11.6. The van der Waals surface area contributed by atoms with Gasteiger partial charge >= 0.3 is 0 Å². The van der Waals surface area contributed by atoms with Crippen LogP contribution in [0, 0.1) is 5.21 Å². The zero-order valence-corrected chi connectivity index (χ0v) is 9.67. The van der Waals surface area contributed by atoms with Crippen LogP contribution in [-0.4, -0.2) is 24.3 Å². The van der Waals surface area contributed by atoms with Crippen molar-refractivity contribution in [3.63, 3.8) is 0 Å². The minimum Gasteiger partial charge on any atom is -0.627 e. The number of hydrogen-bond acceptors (Lipinski definition) is 2. The van der Waals surface area contributed by atoms with Gasteiger partial charge in [0.2, 0.25) is 0 Å². The number of aliphatic hydroxyl groups is 1. The molecule has 1 N–H and O–H groups in total. The van der Waals surface area contributed by atoms with Crippen molar-refractivity contribution in [2.75, 3.05) is 7.05 Å². The molecule has 0 bridgehead atoms. The lowest BCUT2D eigenvalue weighted by Gasteiger charge is -2.48. The highest BCUT2D eigenvalue weighted by molar-refractivity contribution is 5.43. The summed E-state index contributed by atoms with van der Waals surface area (Å²) in [5, 5.41) is 22.6. The third-order valence-corrected chi connectivity index (χ3v) is 3.60. The van der Waals surface area contributed by atoms with Crippen LogP contribution in [0.5, 0.6) is 0 Å². The van der Waals surface area contributed by atoms with E-state index in [0.717, 1.165) is 31.4 Å². The summed E-state index contributed by atoms with van der Waals surface area (Å²) >= 11 is 0. The van der Waals surface area contributed by atoms with Gasteiger partial charge in [-0.25, -0.2) is 0 Å². The molecule has 1 saturated carbocycles. The summed E-state index contributed by atoms with van der Waals surface area (Å²) in [6.07, 6.45) is 3.19. The third-order valence-electron chi connectivity index (χ3n) is 3.60. The molecule has 3 nitrogen and oxygen atoms in total. The molecule has 1 aliphatic carbocycles. The highest BCUT2D eigenvalue weighted by Gasteiger charge is 2.35. The zero-order valence-electron chi connectivity index (χ0n) is 9.67. The number of aliphatic hydroxyl groups excluding tert-OH is 1. The van der Waals surface area contributed by atoms with Crippen LogP contribution in [0.4, 0.5) is 5.69 Å². The van der Waals surface area contributed by atoms with Crippen LogP contribution in [0.2, 0.25) is 0 Å². The summed E-state index contributed by atoms with van der Waals surface area (Å²) in [6, 6.07) is 9.12. The van der Waals surface area contributed by atoms with Gasteiger partial charge in [-0.15, -0.1) is 0 Å². The van der Waals surface area contributed by atoms with Crippen molar-refractivity contribution in [1.29, 1.82) is 0 Å². The minimum absolute atomic E-state index is 0.212. The lowest BCUT2D eigenvalue weighted by molar-refractivity contribution is 0.0537. The van der Waals surface area contributed by atoms with Crippen molar-refractivity contribution in [3.8, 4) is 0 Å². The van der Waals surface area contributed by atoms with Crippen LogP contribution < -0.4 is 4.65 Å². The van der Waals surface area contributed by atoms with Gasteiger partial charge in [-0.3, -0.25) is 0 Å². The monoisotopic (exact) mass is 221 g/mol. The molecule has 0 radical (unpaired) electrons. The largest absolute Gasteiger partial charge is 0.627 e. The van der Waals surface area contributed by atoms with Crippen molar-refractivity contribution in [1.82, 2.24) is 4.65 Å². The van der Waals surface area contributed by atoms with Gasteiger partial charge in [-0.1, -0.05) is 24.6 Å². The second-order valence-electron chi connectivity index (χ2n) is 4.74. The molecule has 16 heavy (non-hydrogen) atoms. The average molecular weight is 221 g/mol. The van der Waals surface area contributed by atoms with Crippen molar-refractivity contribution in [2.45, 2.75) is 37.8 Å². The van der Waals surface area contributed by atoms with E-state index in [1.807, 2.05) is 30.3 Å². The smallest absolute Gasteiger partial charge is 0.132 e. The van der Waals surface area contributed by atoms with E-state index in [2.05, 4.69) is 0 Å². The lowest BCUT2D eigenvalue weighted by Crippen LogP contribution is -2.55. The van der Waals surface area contributed by atoms with E-state index in [4.69, 9.17) is 0 Å². The number of hydroxylamine groups is 2. The van der Waals surface area contributed by atoms with Gasteiger partial charge in [0, 0.05) is 6.42 Å². The van der Waals surface area contributed by atoms with Gasteiger partial charge in [0.15, 0.2) is 0 Å². The highest BCUT2D eigenvalue weighted by atomic mass is 16.5. The van der Waals surface area contributed by atoms with E-state index in [1.165, 1.54) is 0 Å². The molecule has 1 fully saturated rings. The predicted molar refractivity (Wildman–Crippen MR) is 65.8 cm³/mol. The Bertz CT molecular complexity index is 337. The Morgan fingerprint density at radius 3 is 2.44 bits per heavy atom. The molecule has 3 heteroatoms. The number of likely N-dealkylation sites (N-methyl/N-ethyl adjacent to an activating group) is 1. The first-order chi connectivity index (χ1) is 7.62. The molecule has 1 aliphatic rings. The summed E-state index contributed by atoms with van der Waals surface area (Å²) < 4.78 is -0.456. The molecule has 1 aromatic carbocycles. The molecule has 0 aliphatic heterocycles. The molecule has 0 heterocycles. The van der Waals surface area contributed by atoms with E-state index in [1.54, 1.807) is 7.05 Å². The first kappa shape index (κ1) is 11.6. The molecule has 0 aromatic heterocycles. The molecule has 0 saturated heterocycles. The second-order valence-corrected chi connectivity index (χ2v) is 4.74. The average Bonchev–Trinajstić information content (AvgIpc) is 2.30. The molecule has 88 valence electrons. The van der Waals surface area contributed by atoms with E-state index in [9.17, 15) is 10.3 Å². The Morgan fingerprint density at radius 1 is 1.19 bits per heavy atom. The van der Waals surface area contributed by atoms with Gasteiger partial charge in [-0.05, 0) is 25.0 Å². The van der Waals surface area contributed by atoms with Gasteiger partial charge in [-0.2, -0.15) is 0 Å². The third kappa shape index (κ3) is 2.12. The lowest BCUT2D eigenvalue weighted by atomic mass is 9.91. The maximum absolute atomic E-state index is 12.6. The van der Waals surface area contributed by atoms with Crippen LogP contribution in [0.15, 0.2) is 30.3 Å². The molecule has 2 rings (SSSR count). The minimum atomic E-state index is -0.462. The number of rotatable bonds is 2. The first-order valence-corrected chi connectivity index (χ1v) is 5.93. The van der Waals surface area contributed by atoms with Crippen molar-refractivity contribution >= 4 is 5.69 Å². The maximum Gasteiger partial charge on any atom is 0.132 e. The van der Waals surface area contributed by atoms with Crippen LogP contribution in [0.3, 0.4) is 0 Å². The molecule has 0 spiro atoms. The fraction of sp³-hybridized carbons (Fsp3) is 0.538. The van der Waals surface area contributed by atoms with Gasteiger partial charge in [0.05, 0.1) is 7.05 Å². The van der Waals surface area contributed by atoms with Crippen LogP contribution in [-0.2, 0) is 0 Å². The van der Waals surface area contributed by atoms with Crippen molar-refractivity contribution < 1.29 is 5.11 Å². The molecular weight excluding hydrogens is 202 g/mol. The van der Waals surface area contributed by atoms with Crippen molar-refractivity contribution in [2.24, 2.45) is 0 Å². The topological polar surface area (TPSA) is 43.3 Å². The van der Waals surface area contributed by atoms with E-state index in [0.29, 0.717) is 0 Å². The van der Waals surface area contributed by atoms with Crippen molar-refractivity contribution in [3.05, 3.63) is 35.5 Å². The Labute approximate surface area is 96.5 Å². The second kappa shape index (κ2) is 4.53. The van der Waals surface area contributed by atoms with Crippen LogP contribution in [0.25, 0.3) is 0 Å². The summed E-state index contributed by atoms with van der Waals surface area (Å²) in [6.45, 7) is 0. The summed E-state index contributed by atoms with van der Waals surface area (Å²) in [5.74, 6) is 0. The fourth-order valence-electron chi connectivity index (χ4n) is 2.58. The Morgan fingerprint density at radius 2 is 1.81 bits per heavy atom. The summed E-state index contributed by atoms with van der Waals surface area (Å²) in [4.78, 5) is 0. The predicted octanol–water partition coefficient (Wildman–Crippen LogP) is 2.43. The number of quaternary nitrogens is 1. The Kier molecular flexibility index (Phi) is 3.28. The molecule has 0 amide bonds. The normalized spacial score (nSPS) is 29.7. The Balaban J connectivity index is 2.23. The van der Waals surface area contributed by atoms with E-state index < -0.39 is 10.8 Å². The standard InChI is InChI=1S/C13H19NO2/c1-14(16,11-7-3-2-4-8-11)12-9-5-6-10-13(12)15/h2-4,7-8,12-13,15H,5-6,9-10H2,1H3/t12-,13-,14?/m0/s1. The SMILES string of the molecule is C[N+]([O-])(c1ccccc1)[C@H]1CCCC[C@@H]1O. The molecule has 3 atom stereocenters. The molecule has 1 unspecified atom stereocenters. The number of hydrogen-bond donors (Lipinski definition) is 1. The maximum atomic E-state index is 12.6. The molecular formula is C13H19NO2. The first-order valence-electron chi connectivity index (χ1n) is 5.93.